The Morgan fingerprint density at radius 3 is 3.00 bits per heavy atom. The highest BCUT2D eigenvalue weighted by Gasteiger charge is 2.09. The molecule has 4 heteroatoms. The zero-order valence-electron chi connectivity index (χ0n) is 7.68. The molecule has 0 fully saturated rings. The SMILES string of the molecule is Cn1cnc(C#N)c1-c1cccnc1. The predicted molar refractivity (Wildman–Crippen MR) is 51.2 cm³/mol. The van der Waals surface area contributed by atoms with E-state index in [1.807, 2.05) is 23.7 Å². The molecular weight excluding hydrogens is 176 g/mol. The van der Waals surface area contributed by atoms with Gasteiger partial charge in [-0.2, -0.15) is 5.26 Å². The van der Waals surface area contributed by atoms with Crippen molar-refractivity contribution in [3.63, 3.8) is 0 Å². The van der Waals surface area contributed by atoms with E-state index in [1.54, 1.807) is 18.7 Å². The van der Waals surface area contributed by atoms with Crippen LogP contribution in [0.3, 0.4) is 0 Å². The van der Waals surface area contributed by atoms with E-state index in [1.165, 1.54) is 0 Å². The molecule has 0 aliphatic rings. The van der Waals surface area contributed by atoms with Gasteiger partial charge in [0.2, 0.25) is 0 Å². The number of aromatic nitrogens is 3. The van der Waals surface area contributed by atoms with Gasteiger partial charge in [-0.1, -0.05) is 0 Å². The molecular formula is C10H8N4. The molecule has 0 atom stereocenters. The smallest absolute Gasteiger partial charge is 0.166 e. The number of imidazole rings is 1. The Balaban J connectivity index is 2.63. The fraction of sp³-hybridized carbons (Fsp3) is 0.100. The Morgan fingerprint density at radius 2 is 2.36 bits per heavy atom. The molecule has 0 aromatic carbocycles. The number of rotatable bonds is 1. The second-order valence-corrected chi connectivity index (χ2v) is 2.91. The first-order valence-electron chi connectivity index (χ1n) is 4.14. The van der Waals surface area contributed by atoms with E-state index in [9.17, 15) is 0 Å². The summed E-state index contributed by atoms with van der Waals surface area (Å²) in [5, 5.41) is 8.85. The average molecular weight is 184 g/mol. The summed E-state index contributed by atoms with van der Waals surface area (Å²) in [6.07, 6.45) is 5.05. The quantitative estimate of drug-likeness (QED) is 0.672. The van der Waals surface area contributed by atoms with Gasteiger partial charge in [0, 0.05) is 25.0 Å². The maximum absolute atomic E-state index is 8.85. The van der Waals surface area contributed by atoms with E-state index in [-0.39, 0.29) is 0 Å². The van der Waals surface area contributed by atoms with E-state index in [2.05, 4.69) is 16.0 Å². The lowest BCUT2D eigenvalue weighted by molar-refractivity contribution is 0.920. The van der Waals surface area contributed by atoms with Crippen molar-refractivity contribution >= 4 is 0 Å². The van der Waals surface area contributed by atoms with Crippen LogP contribution in [0.2, 0.25) is 0 Å². The summed E-state index contributed by atoms with van der Waals surface area (Å²) in [6, 6.07) is 5.80. The maximum Gasteiger partial charge on any atom is 0.166 e. The van der Waals surface area contributed by atoms with E-state index >= 15 is 0 Å². The van der Waals surface area contributed by atoms with Crippen LogP contribution in [-0.2, 0) is 7.05 Å². The zero-order chi connectivity index (χ0) is 9.97. The largest absolute Gasteiger partial charge is 0.333 e. The number of aryl methyl sites for hydroxylation is 1. The molecule has 0 N–H and O–H groups in total. The Hall–Kier alpha value is -2.15. The van der Waals surface area contributed by atoms with Gasteiger partial charge in [-0.25, -0.2) is 4.98 Å². The number of hydrogen-bond acceptors (Lipinski definition) is 3. The van der Waals surface area contributed by atoms with Gasteiger partial charge in [0.15, 0.2) is 5.69 Å². The van der Waals surface area contributed by atoms with Crippen molar-refractivity contribution in [3.05, 3.63) is 36.5 Å². The van der Waals surface area contributed by atoms with Crippen LogP contribution in [0.4, 0.5) is 0 Å². The van der Waals surface area contributed by atoms with Crippen molar-refractivity contribution in [2.45, 2.75) is 0 Å². The van der Waals surface area contributed by atoms with Crippen molar-refractivity contribution in [2.75, 3.05) is 0 Å². The van der Waals surface area contributed by atoms with Gasteiger partial charge in [0.1, 0.15) is 6.07 Å². The van der Waals surface area contributed by atoms with E-state index < -0.39 is 0 Å². The minimum Gasteiger partial charge on any atom is -0.333 e. The second-order valence-electron chi connectivity index (χ2n) is 2.91. The highest BCUT2D eigenvalue weighted by Crippen LogP contribution is 2.20. The van der Waals surface area contributed by atoms with Gasteiger partial charge in [-0.15, -0.1) is 0 Å². The summed E-state index contributed by atoms with van der Waals surface area (Å²) in [5.74, 6) is 0. The van der Waals surface area contributed by atoms with Gasteiger partial charge in [0.05, 0.1) is 12.0 Å². The van der Waals surface area contributed by atoms with Gasteiger partial charge >= 0.3 is 0 Å². The van der Waals surface area contributed by atoms with Gasteiger partial charge in [-0.05, 0) is 12.1 Å². The minimum absolute atomic E-state index is 0.431. The average Bonchev–Trinajstić information content (AvgIpc) is 2.61. The molecule has 0 amide bonds. The first-order valence-corrected chi connectivity index (χ1v) is 4.14. The van der Waals surface area contributed by atoms with Crippen LogP contribution < -0.4 is 0 Å². The number of pyridine rings is 1. The molecule has 4 nitrogen and oxygen atoms in total. The molecule has 0 aliphatic carbocycles. The first-order chi connectivity index (χ1) is 6.83. The molecule has 0 bridgehead atoms. The van der Waals surface area contributed by atoms with Crippen molar-refractivity contribution in [3.8, 4) is 17.3 Å². The molecule has 0 spiro atoms. The van der Waals surface area contributed by atoms with Crippen LogP contribution in [0.5, 0.6) is 0 Å². The monoisotopic (exact) mass is 184 g/mol. The van der Waals surface area contributed by atoms with E-state index in [0.717, 1.165) is 11.3 Å². The first kappa shape index (κ1) is 8.45. The predicted octanol–water partition coefficient (Wildman–Crippen LogP) is 1.35. The van der Waals surface area contributed by atoms with E-state index in [0.29, 0.717) is 5.69 Å². The van der Waals surface area contributed by atoms with Crippen molar-refractivity contribution < 1.29 is 0 Å². The van der Waals surface area contributed by atoms with Gasteiger partial charge < -0.3 is 4.57 Å². The fourth-order valence-corrected chi connectivity index (χ4v) is 1.36. The lowest BCUT2D eigenvalue weighted by atomic mass is 10.2. The van der Waals surface area contributed by atoms with Gasteiger partial charge in [0.25, 0.3) is 0 Å². The van der Waals surface area contributed by atoms with Crippen molar-refractivity contribution in [1.29, 1.82) is 5.26 Å². The Kier molecular flexibility index (Phi) is 1.99. The van der Waals surface area contributed by atoms with Crippen LogP contribution in [0.15, 0.2) is 30.9 Å². The standard InChI is InChI=1S/C10H8N4/c1-14-7-13-9(5-11)10(14)8-3-2-4-12-6-8/h2-4,6-7H,1H3. The third-order valence-corrected chi connectivity index (χ3v) is 1.98. The van der Waals surface area contributed by atoms with Crippen molar-refractivity contribution in [2.24, 2.45) is 7.05 Å². The number of nitrogens with zero attached hydrogens (tertiary/aromatic N) is 4. The van der Waals surface area contributed by atoms with Gasteiger partial charge in [-0.3, -0.25) is 4.98 Å². The molecule has 68 valence electrons. The summed E-state index contributed by atoms with van der Waals surface area (Å²) in [5.41, 5.74) is 2.14. The number of hydrogen-bond donors (Lipinski definition) is 0. The summed E-state index contributed by atoms with van der Waals surface area (Å²) in [7, 11) is 1.86. The molecule has 0 saturated carbocycles. The molecule has 2 aromatic rings. The lowest BCUT2D eigenvalue weighted by Gasteiger charge is -2.01. The summed E-state index contributed by atoms with van der Waals surface area (Å²) in [4.78, 5) is 7.99. The molecule has 0 unspecified atom stereocenters. The van der Waals surface area contributed by atoms with Crippen LogP contribution in [-0.4, -0.2) is 14.5 Å². The summed E-state index contributed by atoms with van der Waals surface area (Å²) < 4.78 is 1.82. The normalized spacial score (nSPS) is 9.71. The summed E-state index contributed by atoms with van der Waals surface area (Å²) >= 11 is 0. The molecule has 2 aromatic heterocycles. The lowest BCUT2D eigenvalue weighted by Crippen LogP contribution is -1.91. The second kappa shape index (κ2) is 3.30. The Morgan fingerprint density at radius 1 is 1.50 bits per heavy atom. The minimum atomic E-state index is 0.431. The molecule has 0 aliphatic heterocycles. The highest BCUT2D eigenvalue weighted by atomic mass is 15.0. The molecule has 2 heterocycles. The van der Waals surface area contributed by atoms with Crippen LogP contribution in [0.25, 0.3) is 11.3 Å². The third kappa shape index (κ3) is 1.25. The molecule has 2 rings (SSSR count). The van der Waals surface area contributed by atoms with E-state index in [4.69, 9.17) is 5.26 Å². The zero-order valence-corrected chi connectivity index (χ0v) is 7.68. The Bertz CT molecular complexity index is 479. The topological polar surface area (TPSA) is 54.5 Å². The molecule has 0 saturated heterocycles. The van der Waals surface area contributed by atoms with Crippen LogP contribution >= 0.6 is 0 Å². The number of nitriles is 1. The van der Waals surface area contributed by atoms with Crippen LogP contribution in [0, 0.1) is 11.3 Å². The van der Waals surface area contributed by atoms with Crippen molar-refractivity contribution in [1.82, 2.24) is 14.5 Å². The maximum atomic E-state index is 8.85. The molecule has 14 heavy (non-hydrogen) atoms. The third-order valence-electron chi connectivity index (χ3n) is 1.98. The Labute approximate surface area is 81.5 Å². The fourth-order valence-electron chi connectivity index (χ4n) is 1.36. The highest BCUT2D eigenvalue weighted by molar-refractivity contribution is 5.64. The van der Waals surface area contributed by atoms with Crippen LogP contribution in [0.1, 0.15) is 5.69 Å². The molecule has 0 radical (unpaired) electrons. The summed E-state index contributed by atoms with van der Waals surface area (Å²) in [6.45, 7) is 0.